The zero-order valence-corrected chi connectivity index (χ0v) is 11.4. The van der Waals surface area contributed by atoms with E-state index in [1.54, 1.807) is 11.3 Å². The van der Waals surface area contributed by atoms with Crippen molar-refractivity contribution in [2.75, 3.05) is 13.2 Å². The maximum atomic E-state index is 9.15. The first-order chi connectivity index (χ1) is 8.04. The van der Waals surface area contributed by atoms with E-state index in [1.807, 2.05) is 13.8 Å². The second-order valence-corrected chi connectivity index (χ2v) is 6.29. The van der Waals surface area contributed by atoms with Gasteiger partial charge in [0, 0.05) is 24.0 Å². The van der Waals surface area contributed by atoms with Crippen LogP contribution in [0.3, 0.4) is 0 Å². The van der Waals surface area contributed by atoms with Gasteiger partial charge in [0.05, 0.1) is 11.8 Å². The standard InChI is InChI=1S/C13H18N2OS/c1-9-11(10-4-6-16-7-5-10)15-12(17-9)13(2,3)8-14/h10H,4-7H2,1-3H3. The van der Waals surface area contributed by atoms with Crippen molar-refractivity contribution < 1.29 is 4.74 Å². The van der Waals surface area contributed by atoms with Gasteiger partial charge in [-0.05, 0) is 33.6 Å². The Bertz CT molecular complexity index is 439. The average Bonchev–Trinajstić information content (AvgIpc) is 2.73. The first kappa shape index (κ1) is 12.5. The molecule has 0 atom stereocenters. The minimum Gasteiger partial charge on any atom is -0.381 e. The molecule has 3 nitrogen and oxygen atoms in total. The summed E-state index contributed by atoms with van der Waals surface area (Å²) in [5, 5.41) is 10.1. The molecule has 2 heterocycles. The van der Waals surface area contributed by atoms with Gasteiger partial charge in [-0.3, -0.25) is 0 Å². The van der Waals surface area contributed by atoms with Gasteiger partial charge in [0.2, 0.25) is 0 Å². The summed E-state index contributed by atoms with van der Waals surface area (Å²) in [5.41, 5.74) is 0.718. The highest BCUT2D eigenvalue weighted by atomic mass is 32.1. The molecule has 0 aromatic carbocycles. The Balaban J connectivity index is 2.28. The third kappa shape index (κ3) is 2.51. The predicted molar refractivity (Wildman–Crippen MR) is 68.3 cm³/mol. The molecule has 0 aliphatic carbocycles. The molecule has 1 saturated heterocycles. The molecule has 0 amide bonds. The highest BCUT2D eigenvalue weighted by Crippen LogP contribution is 2.35. The van der Waals surface area contributed by atoms with Crippen LogP contribution in [0.15, 0.2) is 0 Å². The van der Waals surface area contributed by atoms with Crippen molar-refractivity contribution in [3.63, 3.8) is 0 Å². The molecule has 1 aliphatic rings. The molecule has 1 aliphatic heterocycles. The number of aryl methyl sites for hydroxylation is 1. The van der Waals surface area contributed by atoms with Crippen LogP contribution in [0.25, 0.3) is 0 Å². The zero-order chi connectivity index (χ0) is 12.5. The number of nitrogens with zero attached hydrogens (tertiary/aromatic N) is 2. The maximum Gasteiger partial charge on any atom is 0.113 e. The lowest BCUT2D eigenvalue weighted by Crippen LogP contribution is -2.16. The summed E-state index contributed by atoms with van der Waals surface area (Å²) < 4.78 is 5.38. The molecule has 4 heteroatoms. The van der Waals surface area contributed by atoms with Crippen molar-refractivity contribution in [3.05, 3.63) is 15.6 Å². The zero-order valence-electron chi connectivity index (χ0n) is 10.6. The maximum absolute atomic E-state index is 9.15. The molecule has 0 radical (unpaired) electrons. The van der Waals surface area contributed by atoms with E-state index in [9.17, 15) is 0 Å². The number of hydrogen-bond donors (Lipinski definition) is 0. The molecule has 2 rings (SSSR count). The van der Waals surface area contributed by atoms with Gasteiger partial charge in [-0.1, -0.05) is 0 Å². The van der Waals surface area contributed by atoms with Crippen molar-refractivity contribution in [3.8, 4) is 6.07 Å². The Morgan fingerprint density at radius 3 is 2.65 bits per heavy atom. The molecule has 0 saturated carbocycles. The summed E-state index contributed by atoms with van der Waals surface area (Å²) in [6.45, 7) is 7.63. The summed E-state index contributed by atoms with van der Waals surface area (Å²) in [4.78, 5) is 5.98. The van der Waals surface area contributed by atoms with Crippen LogP contribution in [0, 0.1) is 18.3 Å². The Morgan fingerprint density at radius 2 is 2.06 bits per heavy atom. The van der Waals surface area contributed by atoms with Crippen LogP contribution in [0.5, 0.6) is 0 Å². The van der Waals surface area contributed by atoms with Crippen LogP contribution in [0.1, 0.15) is 48.2 Å². The van der Waals surface area contributed by atoms with Crippen molar-refractivity contribution in [2.24, 2.45) is 0 Å². The Kier molecular flexibility index (Phi) is 3.50. The Labute approximate surface area is 106 Å². The molecule has 1 fully saturated rings. The first-order valence-corrected chi connectivity index (χ1v) is 6.83. The van der Waals surface area contributed by atoms with Gasteiger partial charge in [-0.25, -0.2) is 4.98 Å². The summed E-state index contributed by atoms with van der Waals surface area (Å²) >= 11 is 1.67. The van der Waals surface area contributed by atoms with E-state index in [4.69, 9.17) is 15.0 Å². The quantitative estimate of drug-likeness (QED) is 0.810. The Hall–Kier alpha value is -0.920. The number of aromatic nitrogens is 1. The number of ether oxygens (including phenoxy) is 1. The number of hydrogen-bond acceptors (Lipinski definition) is 4. The second kappa shape index (κ2) is 4.75. The summed E-state index contributed by atoms with van der Waals surface area (Å²) in [5.74, 6) is 0.517. The highest BCUT2D eigenvalue weighted by Gasteiger charge is 2.28. The molecule has 92 valence electrons. The molecule has 0 unspecified atom stereocenters. The predicted octanol–water partition coefficient (Wildman–Crippen LogP) is 3.15. The fourth-order valence-electron chi connectivity index (χ4n) is 2.07. The number of thiazole rings is 1. The van der Waals surface area contributed by atoms with Gasteiger partial charge in [-0.2, -0.15) is 5.26 Å². The van der Waals surface area contributed by atoms with E-state index in [1.165, 1.54) is 10.6 Å². The van der Waals surface area contributed by atoms with E-state index < -0.39 is 5.41 Å². The monoisotopic (exact) mass is 250 g/mol. The second-order valence-electron chi connectivity index (χ2n) is 5.08. The van der Waals surface area contributed by atoms with Crippen molar-refractivity contribution >= 4 is 11.3 Å². The minimum absolute atomic E-state index is 0.473. The van der Waals surface area contributed by atoms with Gasteiger partial charge in [0.1, 0.15) is 10.4 Å². The van der Waals surface area contributed by atoms with Gasteiger partial charge in [0.15, 0.2) is 0 Å². The van der Waals surface area contributed by atoms with Crippen molar-refractivity contribution in [1.29, 1.82) is 5.26 Å². The lowest BCUT2D eigenvalue weighted by Gasteiger charge is -2.21. The topological polar surface area (TPSA) is 45.9 Å². The van der Waals surface area contributed by atoms with Crippen LogP contribution in [-0.2, 0) is 10.2 Å². The van der Waals surface area contributed by atoms with Gasteiger partial charge < -0.3 is 4.74 Å². The van der Waals surface area contributed by atoms with Crippen LogP contribution in [0.4, 0.5) is 0 Å². The number of rotatable bonds is 2. The Morgan fingerprint density at radius 1 is 1.41 bits per heavy atom. The van der Waals surface area contributed by atoms with Crippen molar-refractivity contribution in [2.45, 2.75) is 44.9 Å². The van der Waals surface area contributed by atoms with Gasteiger partial charge in [0.25, 0.3) is 0 Å². The third-order valence-corrected chi connectivity index (χ3v) is 4.56. The smallest absolute Gasteiger partial charge is 0.113 e. The molecule has 1 aromatic heterocycles. The van der Waals surface area contributed by atoms with Crippen LogP contribution >= 0.6 is 11.3 Å². The summed E-state index contributed by atoms with van der Waals surface area (Å²) in [6.07, 6.45) is 2.11. The fraction of sp³-hybridized carbons (Fsp3) is 0.692. The van der Waals surface area contributed by atoms with E-state index in [2.05, 4.69) is 13.0 Å². The average molecular weight is 250 g/mol. The summed E-state index contributed by atoms with van der Waals surface area (Å²) in [6, 6.07) is 2.32. The molecule has 0 bridgehead atoms. The first-order valence-electron chi connectivity index (χ1n) is 6.01. The molecule has 0 N–H and O–H groups in total. The van der Waals surface area contributed by atoms with E-state index >= 15 is 0 Å². The molecule has 17 heavy (non-hydrogen) atoms. The molecular formula is C13H18N2OS. The molecule has 1 aromatic rings. The van der Waals surface area contributed by atoms with Gasteiger partial charge in [-0.15, -0.1) is 11.3 Å². The van der Waals surface area contributed by atoms with E-state index in [0.717, 1.165) is 31.1 Å². The van der Waals surface area contributed by atoms with E-state index in [0.29, 0.717) is 5.92 Å². The highest BCUT2D eigenvalue weighted by molar-refractivity contribution is 7.11. The molecule has 0 spiro atoms. The van der Waals surface area contributed by atoms with E-state index in [-0.39, 0.29) is 0 Å². The SMILES string of the molecule is Cc1sc(C(C)(C)C#N)nc1C1CCOCC1. The van der Waals surface area contributed by atoms with Gasteiger partial charge >= 0.3 is 0 Å². The van der Waals surface area contributed by atoms with Crippen molar-refractivity contribution in [1.82, 2.24) is 4.98 Å². The largest absolute Gasteiger partial charge is 0.381 e. The third-order valence-electron chi connectivity index (χ3n) is 3.25. The van der Waals surface area contributed by atoms with Crippen LogP contribution in [0.2, 0.25) is 0 Å². The number of nitriles is 1. The minimum atomic E-state index is -0.473. The normalized spacial score (nSPS) is 18.0. The molecular weight excluding hydrogens is 232 g/mol. The lowest BCUT2D eigenvalue weighted by atomic mass is 9.94. The lowest BCUT2D eigenvalue weighted by molar-refractivity contribution is 0.0844. The summed E-state index contributed by atoms with van der Waals surface area (Å²) in [7, 11) is 0. The van der Waals surface area contributed by atoms with Crippen LogP contribution < -0.4 is 0 Å². The fourth-order valence-corrected chi connectivity index (χ4v) is 3.12. The van der Waals surface area contributed by atoms with Crippen LogP contribution in [-0.4, -0.2) is 18.2 Å².